The molecule has 0 amide bonds. The quantitative estimate of drug-likeness (QED) is 0.748. The molecule has 0 aliphatic heterocycles. The van der Waals surface area contributed by atoms with E-state index < -0.39 is 0 Å². The summed E-state index contributed by atoms with van der Waals surface area (Å²) >= 11 is 0. The summed E-state index contributed by atoms with van der Waals surface area (Å²) in [7, 11) is 0. The molecule has 1 aromatic rings. The monoisotopic (exact) mass is 199 g/mol. The zero-order valence-electron chi connectivity index (χ0n) is 8.87. The first-order valence-electron chi connectivity index (χ1n) is 4.85. The largest absolute Gasteiger partial charge is 0.394 e. The number of anilines is 1. The first-order valence-corrected chi connectivity index (χ1v) is 4.85. The molecule has 0 atom stereocenters. The zero-order chi connectivity index (χ0) is 10.6. The summed E-state index contributed by atoms with van der Waals surface area (Å²) in [4.78, 5) is 4.04. The maximum Gasteiger partial charge on any atom is 0.321 e. The first kappa shape index (κ1) is 11.0. The van der Waals surface area contributed by atoms with Gasteiger partial charge in [-0.2, -0.15) is 4.98 Å². The number of aliphatic hydroxyl groups is 1. The minimum atomic E-state index is -0.348. The normalized spacial score (nSPS) is 11.7. The molecule has 0 aliphatic rings. The molecule has 1 heterocycles. The van der Waals surface area contributed by atoms with E-state index in [1.165, 1.54) is 0 Å². The van der Waals surface area contributed by atoms with E-state index in [4.69, 9.17) is 4.52 Å². The molecule has 80 valence electrons. The molecule has 2 N–H and O–H groups in total. The van der Waals surface area contributed by atoms with Crippen LogP contribution in [-0.2, 0) is 0 Å². The fourth-order valence-corrected chi connectivity index (χ4v) is 1.26. The second-order valence-electron chi connectivity index (χ2n) is 3.42. The maximum absolute atomic E-state index is 9.29. The predicted octanol–water partition coefficient (Wildman–Crippen LogP) is 1.34. The Morgan fingerprint density at radius 1 is 1.43 bits per heavy atom. The van der Waals surface area contributed by atoms with Crippen LogP contribution >= 0.6 is 0 Å². The lowest BCUT2D eigenvalue weighted by atomic mass is 9.94. The highest BCUT2D eigenvalue weighted by Gasteiger charge is 2.26. The van der Waals surface area contributed by atoms with Crippen LogP contribution < -0.4 is 5.32 Å². The van der Waals surface area contributed by atoms with E-state index in [1.54, 1.807) is 6.92 Å². The van der Waals surface area contributed by atoms with Gasteiger partial charge >= 0.3 is 6.01 Å². The highest BCUT2D eigenvalue weighted by Crippen LogP contribution is 2.20. The van der Waals surface area contributed by atoms with Gasteiger partial charge in [0, 0.05) is 0 Å². The van der Waals surface area contributed by atoms with Crippen molar-refractivity contribution in [3.8, 4) is 0 Å². The molecule has 0 unspecified atom stereocenters. The summed E-state index contributed by atoms with van der Waals surface area (Å²) in [5.41, 5.74) is -0.348. The van der Waals surface area contributed by atoms with Gasteiger partial charge in [-0.1, -0.05) is 19.0 Å². The number of hydrogen-bond acceptors (Lipinski definition) is 5. The van der Waals surface area contributed by atoms with Crippen LogP contribution in [-0.4, -0.2) is 27.4 Å². The van der Waals surface area contributed by atoms with Crippen molar-refractivity contribution in [1.82, 2.24) is 10.1 Å². The first-order chi connectivity index (χ1) is 6.65. The number of aromatic nitrogens is 2. The van der Waals surface area contributed by atoms with Crippen molar-refractivity contribution >= 4 is 6.01 Å². The van der Waals surface area contributed by atoms with Crippen LogP contribution in [0.5, 0.6) is 0 Å². The van der Waals surface area contributed by atoms with E-state index in [0.717, 1.165) is 12.8 Å². The van der Waals surface area contributed by atoms with E-state index in [0.29, 0.717) is 11.8 Å². The van der Waals surface area contributed by atoms with Gasteiger partial charge in [0.25, 0.3) is 0 Å². The molecule has 0 fully saturated rings. The number of aryl methyl sites for hydroxylation is 1. The van der Waals surface area contributed by atoms with Gasteiger partial charge in [0.15, 0.2) is 5.82 Å². The second kappa shape index (κ2) is 4.41. The average Bonchev–Trinajstić information content (AvgIpc) is 2.61. The SMILES string of the molecule is CCC(CC)(CO)Nc1nc(C)no1. The van der Waals surface area contributed by atoms with Gasteiger partial charge in [-0.3, -0.25) is 0 Å². The van der Waals surface area contributed by atoms with E-state index in [1.807, 2.05) is 13.8 Å². The van der Waals surface area contributed by atoms with Crippen molar-refractivity contribution in [2.24, 2.45) is 0 Å². The lowest BCUT2D eigenvalue weighted by Gasteiger charge is -2.29. The third-order valence-corrected chi connectivity index (χ3v) is 2.56. The Balaban J connectivity index is 2.73. The Kier molecular flexibility index (Phi) is 3.46. The van der Waals surface area contributed by atoms with Crippen molar-refractivity contribution in [3.05, 3.63) is 5.82 Å². The van der Waals surface area contributed by atoms with Crippen LogP contribution in [0.2, 0.25) is 0 Å². The Hall–Kier alpha value is -1.10. The lowest BCUT2D eigenvalue weighted by Crippen LogP contribution is -2.40. The molecule has 0 bridgehead atoms. The summed E-state index contributed by atoms with van der Waals surface area (Å²) in [6.45, 7) is 5.83. The van der Waals surface area contributed by atoms with Crippen molar-refractivity contribution in [3.63, 3.8) is 0 Å². The Morgan fingerprint density at radius 3 is 2.43 bits per heavy atom. The molecule has 5 heteroatoms. The molecule has 0 aliphatic carbocycles. The third kappa shape index (κ3) is 2.23. The van der Waals surface area contributed by atoms with Crippen LogP contribution in [0.4, 0.5) is 6.01 Å². The molecular formula is C9H17N3O2. The predicted molar refractivity (Wildman–Crippen MR) is 53.1 cm³/mol. The topological polar surface area (TPSA) is 71.2 Å². The van der Waals surface area contributed by atoms with Crippen molar-refractivity contribution in [2.75, 3.05) is 11.9 Å². The summed E-state index contributed by atoms with van der Waals surface area (Å²) in [6.07, 6.45) is 1.61. The molecule has 0 saturated heterocycles. The van der Waals surface area contributed by atoms with Crippen molar-refractivity contribution in [2.45, 2.75) is 39.2 Å². The number of hydrogen-bond donors (Lipinski definition) is 2. The smallest absolute Gasteiger partial charge is 0.321 e. The second-order valence-corrected chi connectivity index (χ2v) is 3.42. The minimum Gasteiger partial charge on any atom is -0.394 e. The molecule has 0 saturated carbocycles. The number of nitrogens with one attached hydrogen (secondary N) is 1. The van der Waals surface area contributed by atoms with Gasteiger partial charge in [0.05, 0.1) is 12.1 Å². The number of nitrogens with zero attached hydrogens (tertiary/aromatic N) is 2. The summed E-state index contributed by atoms with van der Waals surface area (Å²) in [5, 5.41) is 16.0. The maximum atomic E-state index is 9.29. The van der Waals surface area contributed by atoms with Crippen LogP contribution in [0.1, 0.15) is 32.5 Å². The van der Waals surface area contributed by atoms with Gasteiger partial charge in [0.1, 0.15) is 0 Å². The lowest BCUT2D eigenvalue weighted by molar-refractivity contribution is 0.198. The number of rotatable bonds is 5. The number of aliphatic hydroxyl groups excluding tert-OH is 1. The summed E-state index contributed by atoms with van der Waals surface area (Å²) in [6, 6.07) is 0.375. The highest BCUT2D eigenvalue weighted by molar-refractivity contribution is 5.24. The van der Waals surface area contributed by atoms with Gasteiger partial charge in [-0.25, -0.2) is 0 Å². The molecule has 14 heavy (non-hydrogen) atoms. The van der Waals surface area contributed by atoms with Gasteiger partial charge < -0.3 is 14.9 Å². The van der Waals surface area contributed by atoms with Crippen LogP contribution in [0.25, 0.3) is 0 Å². The fourth-order valence-electron chi connectivity index (χ4n) is 1.26. The van der Waals surface area contributed by atoms with Crippen molar-refractivity contribution < 1.29 is 9.63 Å². The Morgan fingerprint density at radius 2 is 2.07 bits per heavy atom. The standard InChI is InChI=1S/C9H17N3O2/c1-4-9(5-2,6-13)11-8-10-7(3)12-14-8/h13H,4-6H2,1-3H3,(H,10,11,12). The van der Waals surface area contributed by atoms with Crippen LogP contribution in [0, 0.1) is 6.92 Å². The Bertz CT molecular complexity index is 273. The third-order valence-electron chi connectivity index (χ3n) is 2.56. The molecular weight excluding hydrogens is 182 g/mol. The van der Waals surface area contributed by atoms with E-state index in [-0.39, 0.29) is 12.1 Å². The average molecular weight is 199 g/mol. The van der Waals surface area contributed by atoms with Gasteiger partial charge in [-0.05, 0) is 19.8 Å². The summed E-state index contributed by atoms with van der Waals surface area (Å²) in [5.74, 6) is 0.589. The molecule has 0 aromatic carbocycles. The molecule has 5 nitrogen and oxygen atoms in total. The van der Waals surface area contributed by atoms with Gasteiger partial charge in [0.2, 0.25) is 0 Å². The summed E-state index contributed by atoms with van der Waals surface area (Å²) < 4.78 is 4.94. The van der Waals surface area contributed by atoms with E-state index in [9.17, 15) is 5.11 Å². The fraction of sp³-hybridized carbons (Fsp3) is 0.778. The van der Waals surface area contributed by atoms with Crippen LogP contribution in [0.15, 0.2) is 4.52 Å². The molecule has 1 rings (SSSR count). The van der Waals surface area contributed by atoms with Crippen molar-refractivity contribution in [1.29, 1.82) is 0 Å². The van der Waals surface area contributed by atoms with E-state index in [2.05, 4.69) is 15.5 Å². The molecule has 0 spiro atoms. The van der Waals surface area contributed by atoms with Crippen LogP contribution in [0.3, 0.4) is 0 Å². The zero-order valence-corrected chi connectivity index (χ0v) is 8.87. The molecule has 1 aromatic heterocycles. The van der Waals surface area contributed by atoms with Gasteiger partial charge in [-0.15, -0.1) is 0 Å². The Labute approximate surface area is 83.5 Å². The minimum absolute atomic E-state index is 0.0570. The highest BCUT2D eigenvalue weighted by atomic mass is 16.5. The molecule has 0 radical (unpaired) electrons. The van der Waals surface area contributed by atoms with E-state index >= 15 is 0 Å².